The van der Waals surface area contributed by atoms with E-state index in [4.69, 9.17) is 12.2 Å². The predicted molar refractivity (Wildman–Crippen MR) is 139 cm³/mol. The Labute approximate surface area is 211 Å². The smallest absolute Gasteiger partial charge is 0.269 e. The van der Waals surface area contributed by atoms with E-state index in [-0.39, 0.29) is 24.1 Å². The summed E-state index contributed by atoms with van der Waals surface area (Å²) in [5, 5.41) is 0. The maximum absolute atomic E-state index is 12.7. The molecule has 1 aliphatic rings. The van der Waals surface area contributed by atoms with Gasteiger partial charge in [0.15, 0.2) is 0 Å². The number of rotatable bonds is 8. The van der Waals surface area contributed by atoms with E-state index in [0.29, 0.717) is 27.8 Å². The number of halogens is 1. The molecule has 0 radical (unpaired) electrons. The number of carbonyl (C=O) groups is 3. The number of amides is 3. The number of nitrogens with zero attached hydrogens (tertiary/aromatic N) is 1. The van der Waals surface area contributed by atoms with Crippen LogP contribution in [0.25, 0.3) is 6.08 Å². The first-order chi connectivity index (χ1) is 15.8. The summed E-state index contributed by atoms with van der Waals surface area (Å²) in [4.78, 5) is 38.9. The van der Waals surface area contributed by atoms with Crippen LogP contribution in [0.15, 0.2) is 57.9 Å². The van der Waals surface area contributed by atoms with Crippen LogP contribution in [-0.2, 0) is 9.59 Å². The summed E-state index contributed by atoms with van der Waals surface area (Å²) >= 11 is 10.0. The number of hydrogen-bond donors (Lipinski definition) is 2. The molecule has 2 aromatic rings. The average Bonchev–Trinajstić information content (AvgIpc) is 3.06. The Kier molecular flexibility index (Phi) is 9.22. The van der Waals surface area contributed by atoms with Crippen molar-refractivity contribution in [1.82, 2.24) is 15.8 Å². The van der Waals surface area contributed by atoms with Crippen LogP contribution in [-0.4, -0.2) is 33.5 Å². The number of unbranched alkanes of at least 4 members (excludes halogenated alkanes) is 2. The standard InChI is InChI=1S/C24H24BrN3O3S2/c1-16-6-8-17(9-7-16)15-20-23(31)28(24(32)33-20)14-4-2-3-5-21(29)26-27-22(30)18-10-12-19(25)13-11-18/h6-13,15H,2-5,14H2,1H3,(H,26,29)(H,27,30)/b20-15-. The summed E-state index contributed by atoms with van der Waals surface area (Å²) in [6.45, 7) is 2.55. The maximum atomic E-state index is 12.7. The number of carbonyl (C=O) groups excluding carboxylic acids is 3. The van der Waals surface area contributed by atoms with E-state index in [1.807, 2.05) is 37.3 Å². The van der Waals surface area contributed by atoms with Crippen LogP contribution in [0, 0.1) is 6.92 Å². The van der Waals surface area contributed by atoms with Crippen molar-refractivity contribution in [2.75, 3.05) is 6.54 Å². The Balaban J connectivity index is 1.35. The number of nitrogens with one attached hydrogen (secondary N) is 2. The summed E-state index contributed by atoms with van der Waals surface area (Å²) in [5.41, 5.74) is 7.43. The van der Waals surface area contributed by atoms with E-state index in [1.165, 1.54) is 17.3 Å². The van der Waals surface area contributed by atoms with Crippen LogP contribution in [0.1, 0.15) is 47.2 Å². The SMILES string of the molecule is Cc1ccc(/C=C2\SC(=S)N(CCCCCC(=O)NNC(=O)c3ccc(Br)cc3)C2=O)cc1. The minimum absolute atomic E-state index is 0.0704. The largest absolute Gasteiger partial charge is 0.293 e. The lowest BCUT2D eigenvalue weighted by atomic mass is 10.1. The van der Waals surface area contributed by atoms with Gasteiger partial charge in [0, 0.05) is 23.0 Å². The normalized spacial score (nSPS) is 14.6. The Morgan fingerprint density at radius 2 is 1.73 bits per heavy atom. The number of thiocarbonyl (C=S) groups is 1. The van der Waals surface area contributed by atoms with Crippen LogP contribution >= 0.6 is 39.9 Å². The van der Waals surface area contributed by atoms with Crippen molar-refractivity contribution >= 4 is 68.0 Å². The molecule has 33 heavy (non-hydrogen) atoms. The molecule has 1 heterocycles. The van der Waals surface area contributed by atoms with E-state index in [0.717, 1.165) is 22.9 Å². The number of thioether (sulfide) groups is 1. The zero-order valence-corrected chi connectivity index (χ0v) is 21.3. The predicted octanol–water partition coefficient (Wildman–Crippen LogP) is 4.98. The first-order valence-electron chi connectivity index (χ1n) is 10.5. The van der Waals surface area contributed by atoms with E-state index in [1.54, 1.807) is 29.2 Å². The van der Waals surface area contributed by atoms with Crippen molar-refractivity contribution < 1.29 is 14.4 Å². The highest BCUT2D eigenvalue weighted by atomic mass is 79.9. The van der Waals surface area contributed by atoms with Gasteiger partial charge in [-0.2, -0.15) is 0 Å². The fourth-order valence-electron chi connectivity index (χ4n) is 3.10. The molecule has 0 atom stereocenters. The van der Waals surface area contributed by atoms with Gasteiger partial charge < -0.3 is 0 Å². The number of aryl methyl sites for hydroxylation is 1. The summed E-state index contributed by atoms with van der Waals surface area (Å²) in [6.07, 6.45) is 4.30. The molecule has 6 nitrogen and oxygen atoms in total. The number of hydrazine groups is 1. The minimum Gasteiger partial charge on any atom is -0.293 e. The van der Waals surface area contributed by atoms with Gasteiger partial charge >= 0.3 is 0 Å². The quantitative estimate of drug-likeness (QED) is 0.211. The van der Waals surface area contributed by atoms with Gasteiger partial charge in [-0.05, 0) is 55.7 Å². The van der Waals surface area contributed by atoms with Gasteiger partial charge in [-0.25, -0.2) is 0 Å². The van der Waals surface area contributed by atoms with Gasteiger partial charge in [0.1, 0.15) is 4.32 Å². The highest BCUT2D eigenvalue weighted by molar-refractivity contribution is 9.10. The Morgan fingerprint density at radius 3 is 2.42 bits per heavy atom. The summed E-state index contributed by atoms with van der Waals surface area (Å²) < 4.78 is 1.43. The average molecular weight is 547 g/mol. The first kappa shape index (κ1) is 25.1. The van der Waals surface area contributed by atoms with Crippen molar-refractivity contribution in [2.24, 2.45) is 0 Å². The number of benzene rings is 2. The Bertz CT molecular complexity index is 1070. The van der Waals surface area contributed by atoms with E-state index >= 15 is 0 Å². The molecule has 1 fully saturated rings. The van der Waals surface area contributed by atoms with Crippen molar-refractivity contribution in [1.29, 1.82) is 0 Å². The molecule has 0 spiro atoms. The fourth-order valence-corrected chi connectivity index (χ4v) is 4.67. The van der Waals surface area contributed by atoms with Crippen LogP contribution in [0.2, 0.25) is 0 Å². The van der Waals surface area contributed by atoms with Crippen molar-refractivity contribution in [3.8, 4) is 0 Å². The molecule has 0 saturated carbocycles. The van der Waals surface area contributed by atoms with E-state index < -0.39 is 0 Å². The second-order valence-corrected chi connectivity index (χ2v) is 10.2. The third-order valence-corrected chi connectivity index (χ3v) is 6.86. The lowest BCUT2D eigenvalue weighted by molar-refractivity contribution is -0.123. The zero-order valence-electron chi connectivity index (χ0n) is 18.1. The lowest BCUT2D eigenvalue weighted by Crippen LogP contribution is -2.41. The van der Waals surface area contributed by atoms with E-state index in [2.05, 4.69) is 26.8 Å². The molecule has 9 heteroatoms. The van der Waals surface area contributed by atoms with Gasteiger partial charge in [0.05, 0.1) is 4.91 Å². The summed E-state index contributed by atoms with van der Waals surface area (Å²) in [6, 6.07) is 14.8. The summed E-state index contributed by atoms with van der Waals surface area (Å²) in [7, 11) is 0. The third kappa shape index (κ3) is 7.52. The maximum Gasteiger partial charge on any atom is 0.269 e. The van der Waals surface area contributed by atoms with E-state index in [9.17, 15) is 14.4 Å². The molecule has 2 N–H and O–H groups in total. The first-order valence-corrected chi connectivity index (χ1v) is 12.5. The summed E-state index contributed by atoms with van der Waals surface area (Å²) in [5.74, 6) is -0.699. The molecule has 3 amide bonds. The molecule has 172 valence electrons. The molecular weight excluding hydrogens is 522 g/mol. The minimum atomic E-state index is -0.371. The fraction of sp³-hybridized carbons (Fsp3) is 0.250. The number of hydrogen-bond acceptors (Lipinski definition) is 5. The third-order valence-electron chi connectivity index (χ3n) is 4.96. The zero-order chi connectivity index (χ0) is 23.8. The topological polar surface area (TPSA) is 78.5 Å². The molecule has 0 aliphatic carbocycles. The van der Waals surface area contributed by atoms with Crippen LogP contribution in [0.5, 0.6) is 0 Å². The van der Waals surface area contributed by atoms with Crippen LogP contribution in [0.4, 0.5) is 0 Å². The highest BCUT2D eigenvalue weighted by Gasteiger charge is 2.31. The Hall–Kier alpha value is -2.49. The van der Waals surface area contributed by atoms with Gasteiger partial charge in [0.25, 0.3) is 11.8 Å². The molecule has 1 aliphatic heterocycles. The van der Waals surface area contributed by atoms with Crippen LogP contribution in [0.3, 0.4) is 0 Å². The van der Waals surface area contributed by atoms with Gasteiger partial charge in [-0.1, -0.05) is 76.2 Å². The van der Waals surface area contributed by atoms with Gasteiger partial charge in [0.2, 0.25) is 5.91 Å². The molecule has 0 bridgehead atoms. The molecule has 0 aromatic heterocycles. The Morgan fingerprint density at radius 1 is 1.03 bits per heavy atom. The monoisotopic (exact) mass is 545 g/mol. The molecule has 0 unspecified atom stereocenters. The van der Waals surface area contributed by atoms with Crippen molar-refractivity contribution in [3.05, 3.63) is 74.6 Å². The van der Waals surface area contributed by atoms with Gasteiger partial charge in [-0.3, -0.25) is 30.1 Å². The van der Waals surface area contributed by atoms with Crippen LogP contribution < -0.4 is 10.9 Å². The molecule has 3 rings (SSSR count). The molecular formula is C24H24BrN3O3S2. The van der Waals surface area contributed by atoms with Gasteiger partial charge in [-0.15, -0.1) is 0 Å². The lowest BCUT2D eigenvalue weighted by Gasteiger charge is -2.14. The molecule has 1 saturated heterocycles. The van der Waals surface area contributed by atoms with Crippen molar-refractivity contribution in [3.63, 3.8) is 0 Å². The van der Waals surface area contributed by atoms with Crippen molar-refractivity contribution in [2.45, 2.75) is 32.6 Å². The second kappa shape index (κ2) is 12.1. The molecule has 2 aromatic carbocycles. The highest BCUT2D eigenvalue weighted by Crippen LogP contribution is 2.32. The second-order valence-electron chi connectivity index (χ2n) is 7.56.